The number of hydrogen-bond acceptors (Lipinski definition) is 5. The molecule has 0 aliphatic rings. The minimum Gasteiger partial charge on any atom is -0.464 e. The summed E-state index contributed by atoms with van der Waals surface area (Å²) in [6.45, 7) is 6.21. The molecule has 0 fully saturated rings. The zero-order valence-electron chi connectivity index (χ0n) is 10.5. The number of methoxy groups -OCH3 is 1. The van der Waals surface area contributed by atoms with E-state index in [1.54, 1.807) is 5.38 Å². The van der Waals surface area contributed by atoms with Crippen molar-refractivity contribution >= 4 is 23.1 Å². The molecular formula is C12H17NO3S. The van der Waals surface area contributed by atoms with E-state index in [4.69, 9.17) is 0 Å². The predicted molar refractivity (Wildman–Crippen MR) is 66.4 cm³/mol. The second kappa shape index (κ2) is 5.91. The average molecular weight is 255 g/mol. The minimum absolute atomic E-state index is 0.00801. The summed E-state index contributed by atoms with van der Waals surface area (Å²) >= 11 is 1.19. The molecule has 0 aliphatic heterocycles. The maximum atomic E-state index is 11.9. The number of ether oxygens (including phenoxy) is 1. The molecule has 0 saturated carbocycles. The van der Waals surface area contributed by atoms with E-state index in [2.05, 4.69) is 23.6 Å². The summed E-state index contributed by atoms with van der Waals surface area (Å²) in [6, 6.07) is 0. The maximum Gasteiger partial charge on any atom is 0.357 e. The van der Waals surface area contributed by atoms with Crippen LogP contribution in [0.5, 0.6) is 0 Å². The third-order valence-corrected chi connectivity index (χ3v) is 3.67. The van der Waals surface area contributed by atoms with Crippen molar-refractivity contribution in [3.8, 4) is 0 Å². The van der Waals surface area contributed by atoms with Gasteiger partial charge in [0.1, 0.15) is 0 Å². The molecular weight excluding hydrogens is 238 g/mol. The standard InChI is InChI=1S/C12H17NO3S/c1-7(2)8(3)5-10(14)11-13-9(6-17-11)12(15)16-4/h6-8H,5H2,1-4H3/t8-/m1/s1. The van der Waals surface area contributed by atoms with Gasteiger partial charge in [0.25, 0.3) is 0 Å². The fraction of sp³-hybridized carbons (Fsp3) is 0.583. The lowest BCUT2D eigenvalue weighted by atomic mass is 9.93. The van der Waals surface area contributed by atoms with Crippen molar-refractivity contribution < 1.29 is 14.3 Å². The Hall–Kier alpha value is -1.23. The fourth-order valence-corrected chi connectivity index (χ4v) is 1.95. The highest BCUT2D eigenvalue weighted by atomic mass is 32.1. The van der Waals surface area contributed by atoms with Crippen LogP contribution in [0.15, 0.2) is 5.38 Å². The number of ketones is 1. The van der Waals surface area contributed by atoms with Gasteiger partial charge in [0, 0.05) is 11.8 Å². The van der Waals surface area contributed by atoms with E-state index in [-0.39, 0.29) is 11.5 Å². The first-order valence-corrected chi connectivity index (χ1v) is 6.40. The number of Topliss-reactive ketones (excluding diaryl/α,β-unsaturated/α-hetero) is 1. The Kier molecular flexibility index (Phi) is 4.81. The summed E-state index contributed by atoms with van der Waals surface area (Å²) < 4.78 is 4.54. The number of esters is 1. The van der Waals surface area contributed by atoms with Gasteiger partial charge < -0.3 is 4.74 Å². The van der Waals surface area contributed by atoms with Gasteiger partial charge in [-0.3, -0.25) is 4.79 Å². The van der Waals surface area contributed by atoms with E-state index in [0.717, 1.165) is 0 Å². The van der Waals surface area contributed by atoms with E-state index < -0.39 is 5.97 Å². The highest BCUT2D eigenvalue weighted by molar-refractivity contribution is 7.11. The topological polar surface area (TPSA) is 56.3 Å². The van der Waals surface area contributed by atoms with Crippen molar-refractivity contribution in [2.75, 3.05) is 7.11 Å². The number of aromatic nitrogens is 1. The Bertz CT molecular complexity index is 412. The number of rotatable bonds is 5. The quantitative estimate of drug-likeness (QED) is 0.599. The summed E-state index contributed by atoms with van der Waals surface area (Å²) in [5, 5.41) is 1.94. The van der Waals surface area contributed by atoms with Gasteiger partial charge in [-0.25, -0.2) is 9.78 Å². The number of carbonyl (C=O) groups is 2. The zero-order chi connectivity index (χ0) is 13.0. The molecule has 0 spiro atoms. The first-order valence-electron chi connectivity index (χ1n) is 5.52. The van der Waals surface area contributed by atoms with Crippen LogP contribution < -0.4 is 0 Å². The zero-order valence-corrected chi connectivity index (χ0v) is 11.3. The maximum absolute atomic E-state index is 11.9. The van der Waals surface area contributed by atoms with Crippen LogP contribution in [0.1, 0.15) is 47.5 Å². The molecule has 0 aromatic carbocycles. The molecule has 1 atom stereocenters. The Morgan fingerprint density at radius 2 is 2.06 bits per heavy atom. The van der Waals surface area contributed by atoms with Crippen molar-refractivity contribution in [2.45, 2.75) is 27.2 Å². The van der Waals surface area contributed by atoms with Crippen LogP contribution >= 0.6 is 11.3 Å². The number of hydrogen-bond donors (Lipinski definition) is 0. The van der Waals surface area contributed by atoms with Gasteiger partial charge in [0.05, 0.1) is 7.11 Å². The first kappa shape index (κ1) is 13.8. The van der Waals surface area contributed by atoms with Crippen molar-refractivity contribution in [3.63, 3.8) is 0 Å². The van der Waals surface area contributed by atoms with Crippen LogP contribution in [0.3, 0.4) is 0 Å². The molecule has 5 heteroatoms. The highest BCUT2D eigenvalue weighted by Crippen LogP contribution is 2.19. The molecule has 0 radical (unpaired) electrons. The van der Waals surface area contributed by atoms with E-state index in [9.17, 15) is 9.59 Å². The van der Waals surface area contributed by atoms with Crippen LogP contribution in [0.4, 0.5) is 0 Å². The molecule has 0 unspecified atom stereocenters. The lowest BCUT2D eigenvalue weighted by molar-refractivity contribution is 0.0595. The molecule has 0 bridgehead atoms. The molecule has 1 aromatic heterocycles. The monoisotopic (exact) mass is 255 g/mol. The van der Waals surface area contributed by atoms with E-state index in [1.807, 2.05) is 6.92 Å². The summed E-state index contributed by atoms with van der Waals surface area (Å²) in [6.07, 6.45) is 0.464. The molecule has 0 amide bonds. The predicted octanol–water partition coefficient (Wildman–Crippen LogP) is 2.79. The Morgan fingerprint density at radius 3 is 2.59 bits per heavy atom. The van der Waals surface area contributed by atoms with Crippen molar-refractivity contribution in [1.82, 2.24) is 4.98 Å². The summed E-state index contributed by atoms with van der Waals surface area (Å²) in [5.41, 5.74) is 0.207. The van der Waals surface area contributed by atoms with Crippen LogP contribution in [-0.4, -0.2) is 23.8 Å². The Balaban J connectivity index is 2.70. The van der Waals surface area contributed by atoms with Gasteiger partial charge in [0.15, 0.2) is 16.5 Å². The second-order valence-corrected chi connectivity index (χ2v) is 5.24. The Morgan fingerprint density at radius 1 is 1.41 bits per heavy atom. The largest absolute Gasteiger partial charge is 0.464 e. The van der Waals surface area contributed by atoms with Crippen molar-refractivity contribution in [3.05, 3.63) is 16.1 Å². The van der Waals surface area contributed by atoms with Gasteiger partial charge in [-0.2, -0.15) is 0 Å². The smallest absolute Gasteiger partial charge is 0.357 e. The van der Waals surface area contributed by atoms with Gasteiger partial charge in [0.2, 0.25) is 0 Å². The van der Waals surface area contributed by atoms with Crippen LogP contribution in [-0.2, 0) is 4.74 Å². The van der Waals surface area contributed by atoms with Gasteiger partial charge in [-0.15, -0.1) is 11.3 Å². The molecule has 0 saturated heterocycles. The third-order valence-electron chi connectivity index (χ3n) is 2.78. The molecule has 0 aliphatic carbocycles. The number of nitrogens with zero attached hydrogens (tertiary/aromatic N) is 1. The van der Waals surface area contributed by atoms with E-state index in [0.29, 0.717) is 23.3 Å². The molecule has 94 valence electrons. The SMILES string of the molecule is COC(=O)c1csc(C(=O)C[C@@H](C)C(C)C)n1. The van der Waals surface area contributed by atoms with E-state index in [1.165, 1.54) is 18.4 Å². The minimum atomic E-state index is -0.503. The molecule has 1 rings (SSSR count). The van der Waals surface area contributed by atoms with Crippen LogP contribution in [0.25, 0.3) is 0 Å². The lowest BCUT2D eigenvalue weighted by Crippen LogP contribution is -2.11. The van der Waals surface area contributed by atoms with Crippen molar-refractivity contribution in [2.24, 2.45) is 11.8 Å². The van der Waals surface area contributed by atoms with Crippen molar-refractivity contribution in [1.29, 1.82) is 0 Å². The summed E-state index contributed by atoms with van der Waals surface area (Å²) in [7, 11) is 1.30. The van der Waals surface area contributed by atoms with Gasteiger partial charge in [-0.05, 0) is 11.8 Å². The first-order chi connectivity index (χ1) is 7.95. The summed E-state index contributed by atoms with van der Waals surface area (Å²) in [4.78, 5) is 27.1. The number of carbonyl (C=O) groups excluding carboxylic acids is 2. The summed E-state index contributed by atoms with van der Waals surface area (Å²) in [5.74, 6) is 0.260. The second-order valence-electron chi connectivity index (χ2n) is 4.38. The third kappa shape index (κ3) is 3.63. The molecule has 1 aromatic rings. The fourth-order valence-electron chi connectivity index (χ4n) is 1.22. The van der Waals surface area contributed by atoms with Crippen LogP contribution in [0, 0.1) is 11.8 Å². The van der Waals surface area contributed by atoms with Gasteiger partial charge >= 0.3 is 5.97 Å². The molecule has 1 heterocycles. The number of thiazole rings is 1. The molecule has 0 N–H and O–H groups in total. The van der Waals surface area contributed by atoms with Gasteiger partial charge in [-0.1, -0.05) is 20.8 Å². The van der Waals surface area contributed by atoms with E-state index >= 15 is 0 Å². The highest BCUT2D eigenvalue weighted by Gasteiger charge is 2.19. The molecule has 4 nitrogen and oxygen atoms in total. The normalized spacial score (nSPS) is 12.5. The molecule has 17 heavy (non-hydrogen) atoms. The lowest BCUT2D eigenvalue weighted by Gasteiger charge is -2.12. The average Bonchev–Trinajstić information content (AvgIpc) is 2.77. The van der Waals surface area contributed by atoms with Crippen LogP contribution in [0.2, 0.25) is 0 Å². The Labute approximate surface area is 105 Å².